The van der Waals surface area contributed by atoms with Crippen molar-refractivity contribution >= 4 is 48.0 Å². The molecule has 2 saturated heterocycles. The molecule has 0 atom stereocenters. The minimum absolute atomic E-state index is 0. The molecule has 3 heterocycles. The lowest BCUT2D eigenvalue weighted by molar-refractivity contribution is -0.137. The van der Waals surface area contributed by atoms with E-state index >= 15 is 0 Å². The molecule has 5 rings (SSSR count). The lowest BCUT2D eigenvalue weighted by Crippen LogP contribution is -2.44. The van der Waals surface area contributed by atoms with Crippen LogP contribution in [0, 0.1) is 0 Å². The number of likely N-dealkylation sites (tertiary alicyclic amines) is 1. The van der Waals surface area contributed by atoms with Crippen molar-refractivity contribution in [3.63, 3.8) is 0 Å². The normalized spacial score (nSPS) is 17.6. The van der Waals surface area contributed by atoms with Crippen LogP contribution < -0.4 is 21.7 Å². The maximum Gasteiger partial charge on any atom is 0.416 e. The highest BCUT2D eigenvalue weighted by molar-refractivity contribution is 7.99. The van der Waals surface area contributed by atoms with Crippen LogP contribution in [0.15, 0.2) is 40.1 Å². The lowest BCUT2D eigenvalue weighted by atomic mass is 9.98. The van der Waals surface area contributed by atoms with E-state index < -0.39 is 11.7 Å². The number of anilines is 2. The molecule has 0 saturated carbocycles. The molecule has 2 fully saturated rings. The van der Waals surface area contributed by atoms with E-state index in [2.05, 4.69) is 38.2 Å². The standard InChI is InChI=1S/C29H41F3N6S.2ClH/c30-29(31,32)22-18-26(35-23-5-11-36(12-6-23)15-16-37(13-7-33)14-8-34)25-17-21-3-4-24(38-9-1-2-10-38)20-27(21)39-28(25)19-22;;/h3-4,18-20,23,35H,1-2,5-17,33-34H2;2*1H. The summed E-state index contributed by atoms with van der Waals surface area (Å²) in [4.78, 5) is 8.89. The van der Waals surface area contributed by atoms with E-state index in [1.54, 1.807) is 0 Å². The molecule has 0 unspecified atom stereocenters. The fraction of sp³-hybridized carbons (Fsp3) is 0.586. The van der Waals surface area contributed by atoms with E-state index in [-0.39, 0.29) is 30.9 Å². The Morgan fingerprint density at radius 2 is 1.59 bits per heavy atom. The second kappa shape index (κ2) is 15.4. The fourth-order valence-electron chi connectivity index (χ4n) is 5.98. The van der Waals surface area contributed by atoms with E-state index in [0.29, 0.717) is 25.2 Å². The first kappa shape index (κ1) is 34.1. The van der Waals surface area contributed by atoms with Gasteiger partial charge in [0.1, 0.15) is 0 Å². The predicted molar refractivity (Wildman–Crippen MR) is 168 cm³/mol. The first-order valence-electron chi connectivity index (χ1n) is 14.3. The van der Waals surface area contributed by atoms with Crippen molar-refractivity contribution in [2.45, 2.75) is 54.1 Å². The number of hydrogen-bond acceptors (Lipinski definition) is 7. The minimum atomic E-state index is -4.38. The van der Waals surface area contributed by atoms with Crippen molar-refractivity contribution in [3.8, 4) is 0 Å². The van der Waals surface area contributed by atoms with E-state index in [9.17, 15) is 13.2 Å². The average molecular weight is 636 g/mol. The van der Waals surface area contributed by atoms with Gasteiger partial charge in [-0.15, -0.1) is 24.8 Å². The van der Waals surface area contributed by atoms with Gasteiger partial charge in [0.15, 0.2) is 0 Å². The summed E-state index contributed by atoms with van der Waals surface area (Å²) in [5, 5.41) is 3.54. The van der Waals surface area contributed by atoms with Gasteiger partial charge in [0.2, 0.25) is 0 Å². The highest BCUT2D eigenvalue weighted by atomic mass is 35.5. The Balaban J connectivity index is 0.00000231. The monoisotopic (exact) mass is 634 g/mol. The molecule has 2 aromatic rings. The summed E-state index contributed by atoms with van der Waals surface area (Å²) in [5.74, 6) is 0. The fourth-order valence-corrected chi connectivity index (χ4v) is 7.16. The molecular weight excluding hydrogens is 592 g/mol. The van der Waals surface area contributed by atoms with Crippen molar-refractivity contribution < 1.29 is 13.2 Å². The van der Waals surface area contributed by atoms with Crippen LogP contribution in [0.25, 0.3) is 0 Å². The van der Waals surface area contributed by atoms with E-state index in [0.717, 1.165) is 80.6 Å². The Labute approximate surface area is 258 Å². The molecule has 0 bridgehead atoms. The summed E-state index contributed by atoms with van der Waals surface area (Å²) in [6.45, 7) is 8.76. The first-order chi connectivity index (χ1) is 18.8. The first-order valence-corrected chi connectivity index (χ1v) is 15.1. The predicted octanol–water partition coefficient (Wildman–Crippen LogP) is 5.30. The third-order valence-corrected chi connectivity index (χ3v) is 9.40. The molecule has 0 aliphatic carbocycles. The number of fused-ring (bicyclic) bond motifs is 2. The van der Waals surface area contributed by atoms with Gasteiger partial charge in [-0.1, -0.05) is 17.8 Å². The van der Waals surface area contributed by atoms with Gasteiger partial charge in [0, 0.05) is 99.1 Å². The van der Waals surface area contributed by atoms with Crippen LogP contribution in [0.1, 0.15) is 42.4 Å². The van der Waals surface area contributed by atoms with Crippen LogP contribution in [0.5, 0.6) is 0 Å². The summed E-state index contributed by atoms with van der Waals surface area (Å²) in [6, 6.07) is 9.32. The van der Waals surface area contributed by atoms with Crippen molar-refractivity contribution in [2.24, 2.45) is 11.5 Å². The molecule has 230 valence electrons. The number of nitrogens with one attached hydrogen (secondary N) is 1. The Morgan fingerprint density at radius 1 is 0.902 bits per heavy atom. The second-order valence-corrected chi connectivity index (χ2v) is 12.0. The maximum absolute atomic E-state index is 13.9. The Kier molecular flexibility index (Phi) is 12.8. The summed E-state index contributed by atoms with van der Waals surface area (Å²) < 4.78 is 41.8. The number of benzene rings is 2. The average Bonchev–Trinajstić information content (AvgIpc) is 3.46. The van der Waals surface area contributed by atoms with Crippen LogP contribution in [-0.2, 0) is 12.6 Å². The molecule has 5 N–H and O–H groups in total. The van der Waals surface area contributed by atoms with Crippen LogP contribution >= 0.6 is 36.6 Å². The number of piperidine rings is 1. The molecular formula is C29H43Cl2F3N6S. The van der Waals surface area contributed by atoms with Gasteiger partial charge >= 0.3 is 6.18 Å². The molecule has 0 amide bonds. The molecule has 0 radical (unpaired) electrons. The smallest absolute Gasteiger partial charge is 0.382 e. The molecule has 12 heteroatoms. The Morgan fingerprint density at radius 3 is 2.22 bits per heavy atom. The van der Waals surface area contributed by atoms with Crippen LogP contribution in [0.3, 0.4) is 0 Å². The topological polar surface area (TPSA) is 73.8 Å². The summed E-state index contributed by atoms with van der Waals surface area (Å²) >= 11 is 1.48. The van der Waals surface area contributed by atoms with Crippen LogP contribution in [0.2, 0.25) is 0 Å². The maximum atomic E-state index is 13.9. The number of alkyl halides is 3. The van der Waals surface area contributed by atoms with E-state index in [1.165, 1.54) is 48.0 Å². The van der Waals surface area contributed by atoms with Gasteiger partial charge in [-0.05, 0) is 61.1 Å². The molecule has 6 nitrogen and oxygen atoms in total. The van der Waals surface area contributed by atoms with Gasteiger partial charge in [-0.2, -0.15) is 13.2 Å². The number of nitrogens with zero attached hydrogens (tertiary/aromatic N) is 3. The number of hydrogen-bond donors (Lipinski definition) is 3. The van der Waals surface area contributed by atoms with Gasteiger partial charge in [-0.25, -0.2) is 0 Å². The van der Waals surface area contributed by atoms with Crippen LogP contribution in [-0.4, -0.2) is 81.3 Å². The minimum Gasteiger partial charge on any atom is -0.382 e. The third-order valence-electron chi connectivity index (χ3n) is 8.22. The SMILES string of the molecule is Cl.Cl.NCCN(CCN)CCN1CCC(Nc2cc(C(F)(F)F)cc3c2Cc2ccc(N4CCCC4)cc2S3)CC1. The quantitative estimate of drug-likeness (QED) is 0.279. The number of rotatable bonds is 10. The zero-order valence-electron chi connectivity index (χ0n) is 23.4. The van der Waals surface area contributed by atoms with Crippen molar-refractivity contribution in [2.75, 3.05) is 75.7 Å². The van der Waals surface area contributed by atoms with Crippen LogP contribution in [0.4, 0.5) is 24.5 Å². The molecule has 41 heavy (non-hydrogen) atoms. The number of halogens is 5. The van der Waals surface area contributed by atoms with Gasteiger partial charge in [0.25, 0.3) is 0 Å². The Hall–Kier alpha value is -1.40. The molecule has 0 aromatic heterocycles. The van der Waals surface area contributed by atoms with Gasteiger partial charge in [0.05, 0.1) is 5.56 Å². The molecule has 0 spiro atoms. The largest absolute Gasteiger partial charge is 0.416 e. The van der Waals surface area contributed by atoms with Crippen molar-refractivity contribution in [3.05, 3.63) is 47.0 Å². The highest BCUT2D eigenvalue weighted by Crippen LogP contribution is 2.46. The van der Waals surface area contributed by atoms with Crippen molar-refractivity contribution in [1.29, 1.82) is 0 Å². The summed E-state index contributed by atoms with van der Waals surface area (Å²) in [6.07, 6.45) is 0.457. The molecule has 3 aliphatic rings. The Bertz CT molecular complexity index is 1120. The van der Waals surface area contributed by atoms with E-state index in [4.69, 9.17) is 11.5 Å². The summed E-state index contributed by atoms with van der Waals surface area (Å²) in [5.41, 5.74) is 14.9. The van der Waals surface area contributed by atoms with Crippen molar-refractivity contribution in [1.82, 2.24) is 9.80 Å². The molecule has 2 aromatic carbocycles. The summed E-state index contributed by atoms with van der Waals surface area (Å²) in [7, 11) is 0. The number of nitrogens with two attached hydrogens (primary N) is 2. The second-order valence-electron chi connectivity index (χ2n) is 10.9. The highest BCUT2D eigenvalue weighted by Gasteiger charge is 2.34. The van der Waals surface area contributed by atoms with Gasteiger partial charge in [-0.3, -0.25) is 4.90 Å². The van der Waals surface area contributed by atoms with E-state index in [1.807, 2.05) is 0 Å². The lowest BCUT2D eigenvalue weighted by Gasteiger charge is -2.35. The molecule has 3 aliphatic heterocycles. The zero-order valence-corrected chi connectivity index (χ0v) is 25.9. The van der Waals surface area contributed by atoms with Gasteiger partial charge < -0.3 is 26.6 Å². The zero-order chi connectivity index (χ0) is 27.4. The third kappa shape index (κ3) is 8.59.